The van der Waals surface area contributed by atoms with Gasteiger partial charge in [-0.1, -0.05) is 31.0 Å². The van der Waals surface area contributed by atoms with Crippen LogP contribution in [0.2, 0.25) is 0 Å². The molecular formula is C12H22N2OS. The Morgan fingerprint density at radius 3 is 2.88 bits per heavy atom. The van der Waals surface area contributed by atoms with Gasteiger partial charge in [0, 0.05) is 18.4 Å². The standard InChI is InChI=1S/C12H22N2OS/c1-10(15-2)8-13-11-14-12(9-16-11)6-4-3-5-7-12/h10H,3-9H2,1-2H3,(H,13,14). The lowest BCUT2D eigenvalue weighted by molar-refractivity contribution is 0.125. The molecule has 0 aromatic carbocycles. The molecule has 1 atom stereocenters. The lowest BCUT2D eigenvalue weighted by atomic mass is 9.83. The Balaban J connectivity index is 1.86. The number of amidine groups is 1. The van der Waals surface area contributed by atoms with Crippen molar-refractivity contribution in [3.63, 3.8) is 0 Å². The molecule has 2 rings (SSSR count). The van der Waals surface area contributed by atoms with E-state index in [1.165, 1.54) is 37.9 Å². The molecule has 2 aliphatic rings. The van der Waals surface area contributed by atoms with Crippen LogP contribution in [0.25, 0.3) is 0 Å². The fourth-order valence-corrected chi connectivity index (χ4v) is 3.60. The molecule has 2 fully saturated rings. The van der Waals surface area contributed by atoms with Crippen LogP contribution in [0.3, 0.4) is 0 Å². The maximum atomic E-state index is 5.20. The average Bonchev–Trinajstić information content (AvgIpc) is 2.70. The molecule has 0 radical (unpaired) electrons. The molecular weight excluding hydrogens is 220 g/mol. The summed E-state index contributed by atoms with van der Waals surface area (Å²) < 4.78 is 5.20. The summed E-state index contributed by atoms with van der Waals surface area (Å²) in [4.78, 5) is 4.59. The van der Waals surface area contributed by atoms with Crippen LogP contribution in [0, 0.1) is 0 Å². The molecule has 1 heterocycles. The molecule has 1 N–H and O–H groups in total. The van der Waals surface area contributed by atoms with Gasteiger partial charge in [-0.25, -0.2) is 0 Å². The number of thioether (sulfide) groups is 1. The van der Waals surface area contributed by atoms with Crippen LogP contribution in [0.4, 0.5) is 0 Å². The summed E-state index contributed by atoms with van der Waals surface area (Å²) in [7, 11) is 1.74. The highest BCUT2D eigenvalue weighted by Gasteiger charge is 2.37. The number of hydrogen-bond acceptors (Lipinski definition) is 3. The zero-order valence-electron chi connectivity index (χ0n) is 10.3. The Morgan fingerprint density at radius 2 is 2.19 bits per heavy atom. The highest BCUT2D eigenvalue weighted by atomic mass is 32.2. The zero-order valence-corrected chi connectivity index (χ0v) is 11.1. The fourth-order valence-electron chi connectivity index (χ4n) is 2.37. The second kappa shape index (κ2) is 5.41. The van der Waals surface area contributed by atoms with Crippen molar-refractivity contribution in [2.24, 2.45) is 4.99 Å². The highest BCUT2D eigenvalue weighted by molar-refractivity contribution is 8.14. The number of ether oxygens (including phenoxy) is 1. The number of nitrogens with one attached hydrogen (secondary N) is 1. The number of nitrogens with zero attached hydrogens (tertiary/aromatic N) is 1. The third kappa shape index (κ3) is 2.92. The van der Waals surface area contributed by atoms with E-state index in [1.54, 1.807) is 7.11 Å². The van der Waals surface area contributed by atoms with E-state index in [-0.39, 0.29) is 6.10 Å². The Morgan fingerprint density at radius 1 is 1.44 bits per heavy atom. The van der Waals surface area contributed by atoms with Gasteiger partial charge >= 0.3 is 0 Å². The van der Waals surface area contributed by atoms with Gasteiger partial charge in [0.2, 0.25) is 0 Å². The number of hydrogen-bond donors (Lipinski definition) is 1. The smallest absolute Gasteiger partial charge is 0.157 e. The van der Waals surface area contributed by atoms with Crippen LogP contribution >= 0.6 is 11.8 Å². The maximum absolute atomic E-state index is 5.20. The van der Waals surface area contributed by atoms with Crippen LogP contribution in [-0.4, -0.2) is 36.2 Å². The predicted molar refractivity (Wildman–Crippen MR) is 70.2 cm³/mol. The average molecular weight is 242 g/mol. The summed E-state index contributed by atoms with van der Waals surface area (Å²) in [6.45, 7) is 2.82. The normalized spacial score (nSPS) is 28.2. The molecule has 0 bridgehead atoms. The van der Waals surface area contributed by atoms with Crippen molar-refractivity contribution < 1.29 is 4.74 Å². The second-order valence-electron chi connectivity index (χ2n) is 4.95. The van der Waals surface area contributed by atoms with Crippen molar-refractivity contribution in [1.29, 1.82) is 0 Å². The van der Waals surface area contributed by atoms with Crippen LogP contribution in [0.15, 0.2) is 4.99 Å². The minimum atomic E-state index is 0.220. The molecule has 3 nitrogen and oxygen atoms in total. The van der Waals surface area contributed by atoms with Crippen molar-refractivity contribution in [1.82, 2.24) is 5.32 Å². The molecule has 1 aliphatic carbocycles. The predicted octanol–water partition coefficient (Wildman–Crippen LogP) is 2.42. The first-order valence-corrected chi connectivity index (χ1v) is 7.21. The van der Waals surface area contributed by atoms with E-state index in [4.69, 9.17) is 4.74 Å². The molecule has 1 saturated carbocycles. The third-order valence-corrected chi connectivity index (χ3v) is 4.76. The van der Waals surface area contributed by atoms with E-state index in [0.717, 1.165) is 11.7 Å². The van der Waals surface area contributed by atoms with Gasteiger partial charge in [-0.15, -0.1) is 0 Å². The van der Waals surface area contributed by atoms with Crippen molar-refractivity contribution >= 4 is 16.9 Å². The highest BCUT2D eigenvalue weighted by Crippen LogP contribution is 2.36. The number of aliphatic imine (C=N–C) groups is 1. The van der Waals surface area contributed by atoms with E-state index < -0.39 is 0 Å². The lowest BCUT2D eigenvalue weighted by Gasteiger charge is -2.32. The minimum Gasteiger partial charge on any atom is -0.380 e. The van der Waals surface area contributed by atoms with Gasteiger partial charge in [-0.05, 0) is 19.8 Å². The Hall–Kier alpha value is -0.220. The van der Waals surface area contributed by atoms with Crippen LogP contribution in [-0.2, 0) is 4.74 Å². The maximum Gasteiger partial charge on any atom is 0.157 e. The molecule has 1 aliphatic heterocycles. The van der Waals surface area contributed by atoms with E-state index >= 15 is 0 Å². The summed E-state index contributed by atoms with van der Waals surface area (Å²) in [5.41, 5.74) is 0.373. The molecule has 0 aromatic heterocycles. The number of rotatable bonds is 3. The fraction of sp³-hybridized carbons (Fsp3) is 0.917. The van der Waals surface area contributed by atoms with E-state index in [1.807, 2.05) is 11.8 Å². The van der Waals surface area contributed by atoms with E-state index in [9.17, 15) is 0 Å². The lowest BCUT2D eigenvalue weighted by Crippen LogP contribution is -2.45. The molecule has 4 heteroatoms. The molecule has 92 valence electrons. The van der Waals surface area contributed by atoms with E-state index in [0.29, 0.717) is 5.54 Å². The Kier molecular flexibility index (Phi) is 4.14. The van der Waals surface area contributed by atoms with Crippen LogP contribution in [0.1, 0.15) is 39.0 Å². The summed E-state index contributed by atoms with van der Waals surface area (Å²) in [6.07, 6.45) is 7.00. The molecule has 1 saturated heterocycles. The van der Waals surface area contributed by atoms with Gasteiger partial charge in [0.15, 0.2) is 5.17 Å². The quantitative estimate of drug-likeness (QED) is 0.825. The molecule has 16 heavy (non-hydrogen) atoms. The zero-order chi connectivity index (χ0) is 11.4. The minimum absolute atomic E-state index is 0.220. The van der Waals surface area contributed by atoms with Gasteiger partial charge in [0.25, 0.3) is 0 Å². The first-order valence-electron chi connectivity index (χ1n) is 6.22. The summed E-state index contributed by atoms with van der Waals surface area (Å²) in [5.74, 6) is 1.20. The monoisotopic (exact) mass is 242 g/mol. The molecule has 1 spiro atoms. The SMILES string of the molecule is COC(C)CN=C1NC2(CCCCC2)CS1. The largest absolute Gasteiger partial charge is 0.380 e. The summed E-state index contributed by atoms with van der Waals surface area (Å²) in [6, 6.07) is 0. The summed E-state index contributed by atoms with van der Waals surface area (Å²) >= 11 is 1.88. The first-order chi connectivity index (χ1) is 7.74. The van der Waals surface area contributed by atoms with E-state index in [2.05, 4.69) is 17.2 Å². The first kappa shape index (κ1) is 12.2. The Labute approximate surface area is 102 Å². The molecule has 0 amide bonds. The Bertz CT molecular complexity index is 262. The van der Waals surface area contributed by atoms with Crippen molar-refractivity contribution in [3.05, 3.63) is 0 Å². The van der Waals surface area contributed by atoms with Crippen molar-refractivity contribution in [2.45, 2.75) is 50.7 Å². The second-order valence-corrected chi connectivity index (χ2v) is 5.91. The van der Waals surface area contributed by atoms with Crippen LogP contribution in [0.5, 0.6) is 0 Å². The molecule has 0 aromatic rings. The van der Waals surface area contributed by atoms with Crippen LogP contribution < -0.4 is 5.32 Å². The number of methoxy groups -OCH3 is 1. The van der Waals surface area contributed by atoms with Gasteiger partial charge in [-0.3, -0.25) is 4.99 Å². The van der Waals surface area contributed by atoms with Gasteiger partial charge < -0.3 is 10.1 Å². The van der Waals surface area contributed by atoms with Crippen molar-refractivity contribution in [2.75, 3.05) is 19.4 Å². The van der Waals surface area contributed by atoms with Gasteiger partial charge in [-0.2, -0.15) is 0 Å². The summed E-state index contributed by atoms with van der Waals surface area (Å²) in [5, 5.41) is 4.77. The topological polar surface area (TPSA) is 33.6 Å². The van der Waals surface area contributed by atoms with Gasteiger partial charge in [0.1, 0.15) is 0 Å². The molecule has 1 unspecified atom stereocenters. The van der Waals surface area contributed by atoms with Gasteiger partial charge in [0.05, 0.1) is 12.6 Å². The van der Waals surface area contributed by atoms with Crippen molar-refractivity contribution in [3.8, 4) is 0 Å². The third-order valence-electron chi connectivity index (χ3n) is 3.56.